The van der Waals surface area contributed by atoms with Gasteiger partial charge >= 0.3 is 0 Å². The Hall–Kier alpha value is -2.16. The average molecular weight is 371 g/mol. The van der Waals surface area contributed by atoms with E-state index in [0.717, 1.165) is 31.5 Å². The van der Waals surface area contributed by atoms with Crippen molar-refractivity contribution in [3.63, 3.8) is 0 Å². The Morgan fingerprint density at radius 3 is 2.58 bits per heavy atom. The van der Waals surface area contributed by atoms with Crippen LogP contribution in [0.1, 0.15) is 39.2 Å². The summed E-state index contributed by atoms with van der Waals surface area (Å²) < 4.78 is 6.14. The second kappa shape index (κ2) is 7.61. The number of benzene rings is 1. The number of aromatic nitrogens is 2. The largest absolute Gasteiger partial charge is 0.489 e. The number of nitriles is 1. The third-order valence-electron chi connectivity index (χ3n) is 4.71. The molecule has 6 heteroatoms. The van der Waals surface area contributed by atoms with Crippen molar-refractivity contribution in [2.75, 3.05) is 13.1 Å². The molecule has 0 saturated carbocycles. The SMILES string of the molecule is CC(C)(C)N1CCC(Oc2ccc(-c3ccnc(Cl)n3)cc2C#N)CC1. The highest BCUT2D eigenvalue weighted by molar-refractivity contribution is 6.28. The van der Waals surface area contributed by atoms with Crippen molar-refractivity contribution in [2.45, 2.75) is 45.3 Å². The highest BCUT2D eigenvalue weighted by atomic mass is 35.5. The molecule has 1 aromatic heterocycles. The first-order valence-electron chi connectivity index (χ1n) is 8.81. The molecular formula is C20H23ClN4O. The van der Waals surface area contributed by atoms with Gasteiger partial charge in [-0.25, -0.2) is 9.97 Å². The average Bonchev–Trinajstić information content (AvgIpc) is 2.62. The summed E-state index contributed by atoms with van der Waals surface area (Å²) in [6.07, 6.45) is 3.67. The number of piperidine rings is 1. The van der Waals surface area contributed by atoms with E-state index in [0.29, 0.717) is 17.0 Å². The lowest BCUT2D eigenvalue weighted by molar-refractivity contribution is 0.0490. The topological polar surface area (TPSA) is 62.0 Å². The maximum atomic E-state index is 9.53. The highest BCUT2D eigenvalue weighted by Gasteiger charge is 2.28. The van der Waals surface area contributed by atoms with Gasteiger partial charge in [0.2, 0.25) is 5.28 Å². The molecule has 5 nitrogen and oxygen atoms in total. The van der Waals surface area contributed by atoms with Crippen LogP contribution < -0.4 is 4.74 Å². The first-order chi connectivity index (χ1) is 12.4. The minimum Gasteiger partial charge on any atom is -0.489 e. The van der Waals surface area contributed by atoms with Crippen LogP contribution in [0.2, 0.25) is 5.28 Å². The molecule has 3 rings (SSSR count). The fourth-order valence-electron chi connectivity index (χ4n) is 3.20. The number of nitrogens with zero attached hydrogens (tertiary/aromatic N) is 4. The summed E-state index contributed by atoms with van der Waals surface area (Å²) in [7, 11) is 0. The molecule has 2 aromatic rings. The van der Waals surface area contributed by atoms with Crippen molar-refractivity contribution in [3.8, 4) is 23.1 Å². The first-order valence-corrected chi connectivity index (χ1v) is 9.19. The van der Waals surface area contributed by atoms with Gasteiger partial charge in [0, 0.05) is 30.4 Å². The van der Waals surface area contributed by atoms with E-state index in [1.165, 1.54) is 0 Å². The molecule has 1 saturated heterocycles. The summed E-state index contributed by atoms with van der Waals surface area (Å²) in [4.78, 5) is 10.6. The van der Waals surface area contributed by atoms with Crippen molar-refractivity contribution < 1.29 is 4.74 Å². The van der Waals surface area contributed by atoms with Crippen molar-refractivity contribution in [1.82, 2.24) is 14.9 Å². The molecule has 1 aliphatic rings. The lowest BCUT2D eigenvalue weighted by Gasteiger charge is -2.40. The van der Waals surface area contributed by atoms with Crippen molar-refractivity contribution >= 4 is 11.6 Å². The molecule has 0 unspecified atom stereocenters. The van der Waals surface area contributed by atoms with Crippen molar-refractivity contribution in [3.05, 3.63) is 41.3 Å². The third-order valence-corrected chi connectivity index (χ3v) is 4.89. The van der Waals surface area contributed by atoms with Crippen LogP contribution in [0.3, 0.4) is 0 Å². The Kier molecular flexibility index (Phi) is 5.45. The van der Waals surface area contributed by atoms with E-state index >= 15 is 0 Å². The predicted octanol–water partition coefficient (Wildman–Crippen LogP) is 4.31. The molecule has 0 atom stereocenters. The van der Waals surface area contributed by atoms with Gasteiger partial charge in [0.25, 0.3) is 0 Å². The van der Waals surface area contributed by atoms with Crippen molar-refractivity contribution in [1.29, 1.82) is 5.26 Å². The standard InChI is InChI=1S/C20H23ClN4O/c1-20(2,3)25-10-7-16(8-11-25)26-18-5-4-14(12-15(18)13-22)17-6-9-23-19(21)24-17/h4-6,9,12,16H,7-8,10-11H2,1-3H3. The van der Waals surface area contributed by atoms with E-state index in [4.69, 9.17) is 16.3 Å². The zero-order valence-corrected chi connectivity index (χ0v) is 16.1. The lowest BCUT2D eigenvalue weighted by Crippen LogP contribution is -2.48. The minimum absolute atomic E-state index is 0.139. The number of halogens is 1. The summed E-state index contributed by atoms with van der Waals surface area (Å²) in [5, 5.41) is 9.71. The minimum atomic E-state index is 0.139. The van der Waals surface area contributed by atoms with Crippen molar-refractivity contribution in [2.24, 2.45) is 0 Å². The van der Waals surface area contributed by atoms with Gasteiger partial charge < -0.3 is 4.74 Å². The second-order valence-corrected chi connectivity index (χ2v) is 7.85. The fourth-order valence-corrected chi connectivity index (χ4v) is 3.35. The Bertz CT molecular complexity index is 817. The molecule has 0 radical (unpaired) electrons. The molecule has 0 N–H and O–H groups in total. The molecule has 26 heavy (non-hydrogen) atoms. The summed E-state index contributed by atoms with van der Waals surface area (Å²) >= 11 is 5.86. The predicted molar refractivity (Wildman–Crippen MR) is 102 cm³/mol. The van der Waals surface area contributed by atoms with E-state index in [1.54, 1.807) is 18.3 Å². The molecule has 1 fully saturated rings. The van der Waals surface area contributed by atoms with E-state index in [1.807, 2.05) is 12.1 Å². The van der Waals surface area contributed by atoms with Crippen LogP contribution in [0.5, 0.6) is 5.75 Å². The van der Waals surface area contributed by atoms with Crippen LogP contribution >= 0.6 is 11.6 Å². The number of hydrogen-bond acceptors (Lipinski definition) is 5. The number of rotatable bonds is 3. The fraction of sp³-hybridized carbons (Fsp3) is 0.450. The maximum Gasteiger partial charge on any atom is 0.222 e. The Balaban J connectivity index is 1.73. The molecule has 1 aromatic carbocycles. The van der Waals surface area contributed by atoms with Gasteiger partial charge in [0.1, 0.15) is 17.9 Å². The third kappa shape index (κ3) is 4.32. The van der Waals surface area contributed by atoms with Gasteiger partial charge in [-0.05, 0) is 69.5 Å². The number of hydrogen-bond donors (Lipinski definition) is 0. The van der Waals surface area contributed by atoms with E-state index in [9.17, 15) is 5.26 Å². The zero-order valence-electron chi connectivity index (χ0n) is 15.4. The highest BCUT2D eigenvalue weighted by Crippen LogP contribution is 2.29. The summed E-state index contributed by atoms with van der Waals surface area (Å²) in [6.45, 7) is 8.72. The van der Waals surface area contributed by atoms with Gasteiger partial charge in [0.15, 0.2) is 0 Å². The quantitative estimate of drug-likeness (QED) is 0.753. The lowest BCUT2D eigenvalue weighted by atomic mass is 9.99. The van der Waals surface area contributed by atoms with Gasteiger partial charge in [-0.15, -0.1) is 0 Å². The van der Waals surface area contributed by atoms with Gasteiger partial charge in [-0.1, -0.05) is 0 Å². The monoisotopic (exact) mass is 370 g/mol. The molecule has 0 bridgehead atoms. The van der Waals surface area contributed by atoms with Crippen LogP contribution in [0.4, 0.5) is 0 Å². The van der Waals surface area contributed by atoms with Crippen LogP contribution in [-0.4, -0.2) is 39.6 Å². The summed E-state index contributed by atoms with van der Waals surface area (Å²) in [5.74, 6) is 0.630. The number of likely N-dealkylation sites (tertiary alicyclic amines) is 1. The van der Waals surface area contributed by atoms with Crippen LogP contribution in [-0.2, 0) is 0 Å². The van der Waals surface area contributed by atoms with E-state index in [2.05, 4.69) is 41.7 Å². The first kappa shape index (κ1) is 18.6. The second-order valence-electron chi connectivity index (χ2n) is 7.51. The normalized spacial score (nSPS) is 16.3. The summed E-state index contributed by atoms with van der Waals surface area (Å²) in [6, 6.07) is 9.54. The maximum absolute atomic E-state index is 9.53. The molecule has 136 valence electrons. The Labute approximate surface area is 159 Å². The summed E-state index contributed by atoms with van der Waals surface area (Å²) in [5.41, 5.74) is 2.20. The Morgan fingerprint density at radius 2 is 1.96 bits per heavy atom. The van der Waals surface area contributed by atoms with Gasteiger partial charge in [-0.2, -0.15) is 5.26 Å². The molecular weight excluding hydrogens is 348 g/mol. The van der Waals surface area contributed by atoms with E-state index < -0.39 is 0 Å². The van der Waals surface area contributed by atoms with Crippen LogP contribution in [0.25, 0.3) is 11.3 Å². The Morgan fingerprint density at radius 1 is 1.23 bits per heavy atom. The smallest absolute Gasteiger partial charge is 0.222 e. The zero-order chi connectivity index (χ0) is 18.7. The van der Waals surface area contributed by atoms with Gasteiger partial charge in [-0.3, -0.25) is 4.90 Å². The molecule has 2 heterocycles. The molecule has 0 spiro atoms. The van der Waals surface area contributed by atoms with E-state index in [-0.39, 0.29) is 16.9 Å². The molecule has 1 aliphatic heterocycles. The van der Waals surface area contributed by atoms with Crippen LogP contribution in [0, 0.1) is 11.3 Å². The molecule has 0 aliphatic carbocycles. The van der Waals surface area contributed by atoms with Crippen LogP contribution in [0.15, 0.2) is 30.5 Å². The molecule has 0 amide bonds. The van der Waals surface area contributed by atoms with Gasteiger partial charge in [0.05, 0.1) is 11.3 Å². The number of ether oxygens (including phenoxy) is 1.